The Morgan fingerprint density at radius 1 is 0.402 bits per heavy atom. The second-order valence-corrected chi connectivity index (χ2v) is 45.0. The van der Waals surface area contributed by atoms with E-state index in [9.17, 15) is 5.11 Å². The van der Waals surface area contributed by atoms with E-state index < -0.39 is 16.1 Å². The summed E-state index contributed by atoms with van der Waals surface area (Å²) < 4.78 is 72.0. The third-order valence-electron chi connectivity index (χ3n) is 20.6. The number of ether oxygens (including phenoxy) is 7. The first-order valence-electron chi connectivity index (χ1n) is 42.1. The van der Waals surface area contributed by atoms with Gasteiger partial charge >= 0.3 is 0 Å². The molecular formula is C97H118BBrN13O13Si2. The van der Waals surface area contributed by atoms with E-state index in [1.54, 1.807) is 18.3 Å². The van der Waals surface area contributed by atoms with Crippen molar-refractivity contribution in [3.8, 4) is 51.3 Å². The minimum absolute atomic E-state index is 0. The van der Waals surface area contributed by atoms with E-state index >= 15 is 0 Å². The first kappa shape index (κ1) is 96.6. The number of allylic oxidation sites excluding steroid dienone is 1. The van der Waals surface area contributed by atoms with Gasteiger partial charge in [0.2, 0.25) is 23.6 Å². The highest BCUT2D eigenvalue weighted by atomic mass is 79.9. The molecule has 0 amide bonds. The smallest absolute Gasteiger partial charge is 0.209 e. The standard InChI is InChI=1S/C27H34N4O4Si.C22H21N3O3.C15H22N2O2Si.C13H16N2O2.C9H8BrNO.C9H9NO.2CH4.B/c1-36(2,3)17-16-33-20-31-25(10-11-28-31)21-4-6-22(7-5-21)34-23-8-9-24-26(18-23)35-27(29-24)19-30-12-14-32-15-13-30;1-3-18(4-2-16(1)17-7-8-23-14-17)27-19-5-6-20-21(13-19)28-22(24-20)15-25-9-11-26-12-10-25;1-20(2,3)11-10-19-12-17-15(8-9-16-17)13-4-6-14(18)7-5-13;1-10-2-3-11-12(8-10)17-13(14-11)9-15-4-6-16-7-5-15;1-6-2-3-7-8(4-6)12-9(5-10)11-7;1-6-3-4-8-9(5-6)11-7(2)10-8;;;/h4-11,18H,12-17,19-20H2,1-3H3;1-8,13H,9-12,14-15H2;4-9,18H,10-12H2,1-3H3;2-3,8H,4-7,9H2,1H3;2-4H,5H2,1H3;3-5H,1-2H3;2*1H4;. The number of aryl methyl sites for hydroxylation is 4. The van der Waals surface area contributed by atoms with Gasteiger partial charge in [-0.3, -0.25) is 19.7 Å². The number of phenolic OH excluding ortho intramolecular Hbond substituents is 1. The number of morpholine rings is 3. The number of halogens is 1. The van der Waals surface area contributed by atoms with E-state index in [1.807, 2.05) is 194 Å². The SMILES string of the molecule is C.C.C1=NCC(c2ccc(Oc3ccc4nc(CN5CCOCC5)oc4c3)cc2)=C1.C[Si](C)(C)CCOCn1nccc1-c1ccc(O)cc1.C[Si](C)(C)CCOCn1nccc1-c1ccc(Oc2ccc3nc(CN4CCOCC4)oc3c2)cc1.Cc1ccc2nc(C)oc2c1.Cc1ccc2nc(CBr)oc2c1.Cc1ccc2nc(CN3CCOCC3)oc2c1.[B]. The Bertz CT molecular complexity index is 5980. The van der Waals surface area contributed by atoms with Crippen molar-refractivity contribution in [1.29, 1.82) is 0 Å². The van der Waals surface area contributed by atoms with Crippen LogP contribution in [0.4, 0.5) is 0 Å². The molecule has 0 spiro atoms. The maximum Gasteiger partial charge on any atom is 0.209 e. The number of oxazole rings is 5. The summed E-state index contributed by atoms with van der Waals surface area (Å²) in [6, 6.07) is 59.1. The zero-order valence-corrected chi connectivity index (χ0v) is 76.5. The summed E-state index contributed by atoms with van der Waals surface area (Å²) in [5.74, 6) is 6.96. The molecule has 8 aromatic carbocycles. The number of aromatic nitrogens is 9. The lowest BCUT2D eigenvalue weighted by Crippen LogP contribution is -2.35. The molecule has 4 aliphatic heterocycles. The molecule has 15 aromatic rings. The zero-order chi connectivity index (χ0) is 86.4. The van der Waals surface area contributed by atoms with E-state index in [0.29, 0.717) is 37.6 Å². The minimum atomic E-state index is -1.10. The van der Waals surface area contributed by atoms with Crippen molar-refractivity contribution in [2.45, 2.75) is 132 Å². The third kappa shape index (κ3) is 29.0. The second kappa shape index (κ2) is 46.6. The van der Waals surface area contributed by atoms with Gasteiger partial charge in [0.15, 0.2) is 33.8 Å². The number of phenols is 1. The fourth-order valence-corrected chi connectivity index (χ4v) is 15.5. The van der Waals surface area contributed by atoms with E-state index in [4.69, 9.17) is 55.2 Å². The molecule has 26 nitrogen and oxygen atoms in total. The van der Waals surface area contributed by atoms with E-state index in [2.05, 4.69) is 135 Å². The van der Waals surface area contributed by atoms with Crippen LogP contribution in [0.1, 0.15) is 66.6 Å². The lowest BCUT2D eigenvalue weighted by atomic mass is 10.1. The van der Waals surface area contributed by atoms with Gasteiger partial charge in [-0.15, -0.1) is 0 Å². The van der Waals surface area contributed by atoms with Crippen LogP contribution in [0, 0.1) is 27.7 Å². The van der Waals surface area contributed by atoms with Crippen molar-refractivity contribution >= 4 is 108 Å². The predicted octanol–water partition coefficient (Wildman–Crippen LogP) is 21.5. The second-order valence-electron chi connectivity index (χ2n) is 33.2. The number of hydrogen-bond acceptors (Lipinski definition) is 24. The van der Waals surface area contributed by atoms with Crippen LogP contribution in [0.3, 0.4) is 0 Å². The molecule has 19 rings (SSSR count). The highest BCUT2D eigenvalue weighted by Crippen LogP contribution is 2.33. The van der Waals surface area contributed by atoms with Crippen molar-refractivity contribution in [3.05, 3.63) is 246 Å². The van der Waals surface area contributed by atoms with Crippen molar-refractivity contribution in [2.24, 2.45) is 4.99 Å². The minimum Gasteiger partial charge on any atom is -0.508 e. The molecule has 0 atom stereocenters. The molecule has 7 aromatic heterocycles. The fraction of sp³-hybridized carbons (Fsp3) is 0.361. The van der Waals surface area contributed by atoms with Gasteiger partial charge in [-0.2, -0.15) is 10.2 Å². The average Bonchev–Trinajstić information content (AvgIpc) is 1.60. The number of benzene rings is 8. The van der Waals surface area contributed by atoms with Gasteiger partial charge in [-0.25, -0.2) is 34.3 Å². The maximum atomic E-state index is 9.33. The Balaban J connectivity index is 0.000000154. The Hall–Kier alpha value is -11.0. The van der Waals surface area contributed by atoms with Crippen LogP contribution in [0.25, 0.3) is 83.6 Å². The van der Waals surface area contributed by atoms with Gasteiger partial charge in [0.25, 0.3) is 0 Å². The molecule has 30 heteroatoms. The summed E-state index contributed by atoms with van der Waals surface area (Å²) in [6.07, 6.45) is 7.47. The Labute approximate surface area is 756 Å². The van der Waals surface area contributed by atoms with Gasteiger partial charge in [-0.05, 0) is 200 Å². The molecule has 0 saturated carbocycles. The highest BCUT2D eigenvalue weighted by molar-refractivity contribution is 9.08. The van der Waals surface area contributed by atoms with Gasteiger partial charge in [0, 0.05) is 126 Å². The number of aliphatic imine (C=N–C) groups is 1. The molecule has 3 fully saturated rings. The molecule has 11 heterocycles. The molecule has 0 aliphatic carbocycles. The van der Waals surface area contributed by atoms with Crippen molar-refractivity contribution in [1.82, 2.24) is 59.2 Å². The van der Waals surface area contributed by atoms with E-state index in [-0.39, 0.29) is 29.0 Å². The first-order chi connectivity index (χ1) is 60.1. The molecule has 1 N–H and O–H groups in total. The number of nitrogens with zero attached hydrogens (tertiary/aromatic N) is 13. The Kier molecular flexibility index (Phi) is 35.5. The molecular weight excluding hydrogens is 1700 g/mol. The first-order valence-corrected chi connectivity index (χ1v) is 50.7. The van der Waals surface area contributed by atoms with E-state index in [0.717, 1.165) is 242 Å². The molecule has 0 unspecified atom stereocenters. The van der Waals surface area contributed by atoms with Crippen LogP contribution in [0.15, 0.2) is 221 Å². The topological polar surface area (TPSA) is 273 Å². The summed E-state index contributed by atoms with van der Waals surface area (Å²) in [5, 5.41) is 18.7. The quantitative estimate of drug-likeness (QED) is 0.0334. The van der Waals surface area contributed by atoms with Crippen LogP contribution in [-0.4, -0.2) is 194 Å². The van der Waals surface area contributed by atoms with Gasteiger partial charge in [-0.1, -0.05) is 100 Å². The summed E-state index contributed by atoms with van der Waals surface area (Å²) in [4.78, 5) is 33.3. The number of hydrogen-bond donors (Lipinski definition) is 1. The molecule has 667 valence electrons. The van der Waals surface area contributed by atoms with E-state index in [1.165, 1.54) is 27.8 Å². The summed E-state index contributed by atoms with van der Waals surface area (Å²) in [7, 11) is -2.15. The molecule has 127 heavy (non-hydrogen) atoms. The van der Waals surface area contributed by atoms with Crippen LogP contribution >= 0.6 is 15.9 Å². The molecule has 3 saturated heterocycles. The molecule has 0 bridgehead atoms. The number of aromatic hydroxyl groups is 1. The van der Waals surface area contributed by atoms with Crippen LogP contribution in [0.2, 0.25) is 51.4 Å². The molecule has 3 radical (unpaired) electrons. The lowest BCUT2D eigenvalue weighted by Gasteiger charge is -2.24. The highest BCUT2D eigenvalue weighted by Gasteiger charge is 2.21. The van der Waals surface area contributed by atoms with Crippen LogP contribution < -0.4 is 9.47 Å². The maximum absolute atomic E-state index is 9.33. The normalized spacial score (nSPS) is 14.2. The Morgan fingerprint density at radius 2 is 0.748 bits per heavy atom. The summed E-state index contributed by atoms with van der Waals surface area (Å²) >= 11 is 3.30. The van der Waals surface area contributed by atoms with Crippen molar-refractivity contribution < 1.29 is 60.4 Å². The largest absolute Gasteiger partial charge is 0.508 e. The zero-order valence-electron chi connectivity index (χ0n) is 72.9. The average molecular weight is 1820 g/mol. The molecule has 4 aliphatic rings. The van der Waals surface area contributed by atoms with Gasteiger partial charge < -0.3 is 60.4 Å². The number of alkyl halides is 1. The van der Waals surface area contributed by atoms with Crippen LogP contribution in [0.5, 0.6) is 28.7 Å². The fourth-order valence-electron chi connectivity index (χ4n) is 13.7. The number of fused-ring (bicyclic) bond motifs is 5. The Morgan fingerprint density at radius 3 is 1.13 bits per heavy atom. The van der Waals surface area contributed by atoms with Gasteiger partial charge in [0.05, 0.1) is 82.5 Å². The van der Waals surface area contributed by atoms with Crippen LogP contribution in [-0.2, 0) is 62.1 Å². The summed E-state index contributed by atoms with van der Waals surface area (Å²) in [5.41, 5.74) is 18.7. The summed E-state index contributed by atoms with van der Waals surface area (Å²) in [6.45, 7) is 37.6. The lowest BCUT2D eigenvalue weighted by molar-refractivity contribution is 0.0307. The number of rotatable bonds is 24. The van der Waals surface area contributed by atoms with Crippen molar-refractivity contribution in [2.75, 3.05) is 98.7 Å². The third-order valence-corrected chi connectivity index (χ3v) is 24.5. The van der Waals surface area contributed by atoms with Gasteiger partial charge in [0.1, 0.15) is 69.8 Å². The predicted molar refractivity (Wildman–Crippen MR) is 512 cm³/mol. The van der Waals surface area contributed by atoms with Crippen molar-refractivity contribution in [3.63, 3.8) is 0 Å². The monoisotopic (exact) mass is 1820 g/mol.